The van der Waals surface area contributed by atoms with Crippen LogP contribution in [-0.2, 0) is 0 Å². The number of halogens is 2. The summed E-state index contributed by atoms with van der Waals surface area (Å²) >= 11 is 4.42. The van der Waals surface area contributed by atoms with E-state index in [-0.39, 0.29) is 29.2 Å². The molecule has 1 aliphatic carbocycles. The summed E-state index contributed by atoms with van der Waals surface area (Å²) in [5.41, 5.74) is 1.82. The lowest BCUT2D eigenvalue weighted by Crippen LogP contribution is -2.40. The SMILES string of the molecule is Cc1cnc(NC2CCC(NC(=O)c3c(S)ccnc3-c3ccc(F)c(F)c3)CC2)nc1N(C)C. The molecule has 1 fully saturated rings. The van der Waals surface area contributed by atoms with Crippen LogP contribution in [0.1, 0.15) is 41.6 Å². The standard InChI is InChI=1S/C25H28F2N6OS/c1-14-13-29-25(32-23(14)33(2)3)31-17-7-5-16(6-8-17)30-24(34)21-20(35)10-11-28-22(21)15-4-9-18(26)19(27)12-15/h4,9-13,16-17H,5-8H2,1-3H3,(H,28,35)(H,30,34)(H,29,31,32). The molecule has 10 heteroatoms. The predicted octanol–water partition coefficient (Wildman–Crippen LogP) is 4.63. The molecule has 0 aliphatic heterocycles. The van der Waals surface area contributed by atoms with Gasteiger partial charge in [-0.3, -0.25) is 9.78 Å². The van der Waals surface area contributed by atoms with E-state index >= 15 is 0 Å². The maximum Gasteiger partial charge on any atom is 0.254 e. The summed E-state index contributed by atoms with van der Waals surface area (Å²) in [7, 11) is 3.90. The molecule has 0 spiro atoms. The average molecular weight is 499 g/mol. The monoisotopic (exact) mass is 498 g/mol. The Hall–Kier alpha value is -3.27. The molecule has 2 aromatic heterocycles. The van der Waals surface area contributed by atoms with Crippen molar-refractivity contribution >= 4 is 30.3 Å². The molecule has 3 aromatic rings. The average Bonchev–Trinajstić information content (AvgIpc) is 2.83. The van der Waals surface area contributed by atoms with Crippen molar-refractivity contribution in [3.8, 4) is 11.3 Å². The third-order valence-corrected chi connectivity index (χ3v) is 6.49. The van der Waals surface area contributed by atoms with Gasteiger partial charge in [0.1, 0.15) is 5.82 Å². The summed E-state index contributed by atoms with van der Waals surface area (Å²) in [5.74, 6) is -0.823. The number of hydrogen-bond donors (Lipinski definition) is 3. The van der Waals surface area contributed by atoms with Gasteiger partial charge in [0.05, 0.1) is 11.3 Å². The van der Waals surface area contributed by atoms with E-state index < -0.39 is 11.6 Å². The van der Waals surface area contributed by atoms with Gasteiger partial charge in [0.25, 0.3) is 5.91 Å². The lowest BCUT2D eigenvalue weighted by atomic mass is 9.91. The van der Waals surface area contributed by atoms with Gasteiger partial charge in [0.15, 0.2) is 11.6 Å². The van der Waals surface area contributed by atoms with E-state index in [9.17, 15) is 13.6 Å². The van der Waals surface area contributed by atoms with Crippen molar-refractivity contribution in [3.05, 3.63) is 59.4 Å². The van der Waals surface area contributed by atoms with Gasteiger partial charge in [-0.25, -0.2) is 13.8 Å². The van der Waals surface area contributed by atoms with Gasteiger partial charge in [0.2, 0.25) is 5.95 Å². The Morgan fingerprint density at radius 1 is 1.06 bits per heavy atom. The van der Waals surface area contributed by atoms with Crippen molar-refractivity contribution in [2.75, 3.05) is 24.3 Å². The molecule has 0 radical (unpaired) electrons. The van der Waals surface area contributed by atoms with Crippen LogP contribution >= 0.6 is 12.6 Å². The molecule has 4 rings (SSSR count). The van der Waals surface area contributed by atoms with Crippen molar-refractivity contribution in [1.82, 2.24) is 20.3 Å². The number of anilines is 2. The van der Waals surface area contributed by atoms with E-state index in [4.69, 9.17) is 0 Å². The van der Waals surface area contributed by atoms with Crippen molar-refractivity contribution in [1.29, 1.82) is 0 Å². The number of rotatable bonds is 6. The molecule has 2 N–H and O–H groups in total. The number of aryl methyl sites for hydroxylation is 1. The molecule has 1 amide bonds. The van der Waals surface area contributed by atoms with Crippen LogP contribution in [0.3, 0.4) is 0 Å². The number of aromatic nitrogens is 3. The summed E-state index contributed by atoms with van der Waals surface area (Å²) in [6, 6.07) is 5.24. The van der Waals surface area contributed by atoms with E-state index in [0.717, 1.165) is 49.2 Å². The van der Waals surface area contributed by atoms with Crippen LogP contribution in [-0.4, -0.2) is 47.0 Å². The number of nitrogens with one attached hydrogen (secondary N) is 2. The molecule has 1 aliphatic rings. The Morgan fingerprint density at radius 3 is 2.46 bits per heavy atom. The van der Waals surface area contributed by atoms with Crippen LogP contribution in [0.25, 0.3) is 11.3 Å². The van der Waals surface area contributed by atoms with Gasteiger partial charge in [-0.2, -0.15) is 4.98 Å². The molecular weight excluding hydrogens is 470 g/mol. The molecule has 7 nitrogen and oxygen atoms in total. The third-order valence-electron chi connectivity index (χ3n) is 6.11. The molecular formula is C25H28F2N6OS. The Kier molecular flexibility index (Phi) is 7.49. The van der Waals surface area contributed by atoms with Gasteiger partial charge in [-0.05, 0) is 56.9 Å². The summed E-state index contributed by atoms with van der Waals surface area (Å²) < 4.78 is 27.2. The minimum atomic E-state index is -0.999. The topological polar surface area (TPSA) is 83.0 Å². The Morgan fingerprint density at radius 2 is 1.77 bits per heavy atom. The first-order chi connectivity index (χ1) is 16.7. The number of nitrogens with zero attached hydrogens (tertiary/aromatic N) is 4. The second-order valence-corrected chi connectivity index (χ2v) is 9.43. The van der Waals surface area contributed by atoms with Gasteiger partial charge < -0.3 is 15.5 Å². The lowest BCUT2D eigenvalue weighted by Gasteiger charge is -2.30. The first-order valence-corrected chi connectivity index (χ1v) is 11.9. The van der Waals surface area contributed by atoms with Crippen LogP contribution < -0.4 is 15.5 Å². The normalized spacial score (nSPS) is 17.7. The van der Waals surface area contributed by atoms with Crippen LogP contribution in [0.2, 0.25) is 0 Å². The van der Waals surface area contributed by atoms with E-state index in [2.05, 4.69) is 38.2 Å². The van der Waals surface area contributed by atoms with Gasteiger partial charge in [-0.15, -0.1) is 12.6 Å². The van der Waals surface area contributed by atoms with E-state index in [0.29, 0.717) is 16.4 Å². The maximum atomic E-state index is 13.8. The minimum absolute atomic E-state index is 0.0254. The maximum absolute atomic E-state index is 13.8. The quantitative estimate of drug-likeness (QED) is 0.430. The van der Waals surface area contributed by atoms with Crippen LogP contribution in [0.4, 0.5) is 20.5 Å². The highest BCUT2D eigenvalue weighted by atomic mass is 32.1. The smallest absolute Gasteiger partial charge is 0.254 e. The molecule has 1 aromatic carbocycles. The fraction of sp³-hybridized carbons (Fsp3) is 0.360. The Balaban J connectivity index is 1.41. The first-order valence-electron chi connectivity index (χ1n) is 11.4. The second kappa shape index (κ2) is 10.6. The predicted molar refractivity (Wildman–Crippen MR) is 135 cm³/mol. The highest BCUT2D eigenvalue weighted by molar-refractivity contribution is 7.80. The largest absolute Gasteiger partial charge is 0.362 e. The van der Waals surface area contributed by atoms with Gasteiger partial charge >= 0.3 is 0 Å². The van der Waals surface area contributed by atoms with Crippen LogP contribution in [0, 0.1) is 18.6 Å². The van der Waals surface area contributed by atoms with Crippen LogP contribution in [0.5, 0.6) is 0 Å². The molecule has 0 unspecified atom stereocenters. The number of benzene rings is 1. The third kappa shape index (κ3) is 5.70. The summed E-state index contributed by atoms with van der Waals surface area (Å²) in [4.78, 5) is 28.8. The van der Waals surface area contributed by atoms with Gasteiger partial charge in [0, 0.05) is 54.6 Å². The highest BCUT2D eigenvalue weighted by Crippen LogP contribution is 2.29. The Bertz CT molecular complexity index is 1230. The highest BCUT2D eigenvalue weighted by Gasteiger charge is 2.26. The number of thiol groups is 1. The molecule has 0 bridgehead atoms. The minimum Gasteiger partial charge on any atom is -0.362 e. The summed E-state index contributed by atoms with van der Waals surface area (Å²) in [5, 5.41) is 6.48. The van der Waals surface area contributed by atoms with Crippen LogP contribution in [0.15, 0.2) is 41.6 Å². The molecule has 0 atom stereocenters. The molecule has 1 saturated carbocycles. The van der Waals surface area contributed by atoms with Crippen molar-refractivity contribution in [2.45, 2.75) is 49.6 Å². The van der Waals surface area contributed by atoms with E-state index in [1.54, 1.807) is 6.07 Å². The summed E-state index contributed by atoms with van der Waals surface area (Å²) in [6.45, 7) is 1.98. The zero-order valence-electron chi connectivity index (χ0n) is 19.8. The van der Waals surface area contributed by atoms with E-state index in [1.165, 1.54) is 12.3 Å². The fourth-order valence-corrected chi connectivity index (χ4v) is 4.59. The zero-order chi connectivity index (χ0) is 25.1. The molecule has 0 saturated heterocycles. The fourth-order valence-electron chi connectivity index (χ4n) is 4.32. The number of hydrogen-bond acceptors (Lipinski definition) is 7. The van der Waals surface area contributed by atoms with Crippen molar-refractivity contribution < 1.29 is 13.6 Å². The Labute approximate surface area is 208 Å². The number of carbonyl (C=O) groups excluding carboxylic acids is 1. The molecule has 2 heterocycles. The van der Waals surface area contributed by atoms with E-state index in [1.807, 2.05) is 32.1 Å². The zero-order valence-corrected chi connectivity index (χ0v) is 20.7. The number of pyridine rings is 1. The summed E-state index contributed by atoms with van der Waals surface area (Å²) in [6.07, 6.45) is 6.54. The number of carbonyl (C=O) groups is 1. The molecule has 35 heavy (non-hydrogen) atoms. The number of amides is 1. The first kappa shape index (κ1) is 24.8. The molecule has 184 valence electrons. The lowest BCUT2D eigenvalue weighted by molar-refractivity contribution is 0.0924. The van der Waals surface area contributed by atoms with Crippen molar-refractivity contribution in [3.63, 3.8) is 0 Å². The second-order valence-electron chi connectivity index (χ2n) is 8.94. The van der Waals surface area contributed by atoms with Crippen molar-refractivity contribution in [2.24, 2.45) is 0 Å². The van der Waals surface area contributed by atoms with Gasteiger partial charge in [-0.1, -0.05) is 0 Å².